The van der Waals surface area contributed by atoms with E-state index < -0.39 is 0 Å². The number of ether oxygens (including phenoxy) is 1. The van der Waals surface area contributed by atoms with Crippen LogP contribution in [0, 0.1) is 0 Å². The van der Waals surface area contributed by atoms with E-state index in [9.17, 15) is 4.79 Å². The molecule has 2 nitrogen and oxygen atoms in total. The van der Waals surface area contributed by atoms with E-state index in [-0.39, 0.29) is 5.97 Å². The first-order valence-corrected chi connectivity index (χ1v) is 6.08. The molecular formula is C13H24O2. The topological polar surface area (TPSA) is 26.3 Å². The van der Waals surface area contributed by atoms with Gasteiger partial charge in [-0.25, -0.2) is 0 Å². The Morgan fingerprint density at radius 2 is 1.80 bits per heavy atom. The Morgan fingerprint density at radius 1 is 1.07 bits per heavy atom. The Balaban J connectivity index is 3.89. The summed E-state index contributed by atoms with van der Waals surface area (Å²) in [7, 11) is 0. The molecule has 0 unspecified atom stereocenters. The van der Waals surface area contributed by atoms with Gasteiger partial charge in [0.25, 0.3) is 0 Å². The van der Waals surface area contributed by atoms with Crippen molar-refractivity contribution in [1.29, 1.82) is 0 Å². The zero-order valence-electron chi connectivity index (χ0n) is 10.3. The predicted molar refractivity (Wildman–Crippen MR) is 63.8 cm³/mol. The number of hydrogen-bond donors (Lipinski definition) is 0. The fourth-order valence-electron chi connectivity index (χ4n) is 1.49. The van der Waals surface area contributed by atoms with Gasteiger partial charge in [-0.1, -0.05) is 38.3 Å². The average molecular weight is 212 g/mol. The van der Waals surface area contributed by atoms with Crippen molar-refractivity contribution in [2.24, 2.45) is 0 Å². The molecule has 15 heavy (non-hydrogen) atoms. The second-order valence-corrected chi connectivity index (χ2v) is 3.71. The molecule has 0 aliphatic heterocycles. The van der Waals surface area contributed by atoms with Crippen LogP contribution in [0.4, 0.5) is 0 Å². The summed E-state index contributed by atoms with van der Waals surface area (Å²) in [5, 5.41) is 0. The van der Waals surface area contributed by atoms with Crippen LogP contribution in [0.2, 0.25) is 0 Å². The van der Waals surface area contributed by atoms with Crippen LogP contribution in [0.1, 0.15) is 59.3 Å². The third-order valence-corrected chi connectivity index (χ3v) is 2.25. The van der Waals surface area contributed by atoms with Gasteiger partial charge in [0.2, 0.25) is 0 Å². The van der Waals surface area contributed by atoms with E-state index in [1.54, 1.807) is 0 Å². The fraction of sp³-hybridized carbons (Fsp3) is 0.769. The lowest BCUT2D eigenvalue weighted by Crippen LogP contribution is -2.04. The maximum Gasteiger partial charge on any atom is 0.306 e. The third-order valence-electron chi connectivity index (χ3n) is 2.25. The van der Waals surface area contributed by atoms with Crippen molar-refractivity contribution in [2.45, 2.75) is 59.3 Å². The Kier molecular flexibility index (Phi) is 9.24. The molecule has 0 aromatic carbocycles. The highest BCUT2D eigenvalue weighted by Gasteiger charge is 2.03. The smallest absolute Gasteiger partial charge is 0.306 e. The van der Waals surface area contributed by atoms with Crippen LogP contribution >= 0.6 is 0 Å². The second-order valence-electron chi connectivity index (χ2n) is 3.71. The van der Waals surface area contributed by atoms with E-state index in [4.69, 9.17) is 4.74 Å². The molecule has 0 saturated carbocycles. The Morgan fingerprint density at radius 3 is 2.33 bits per heavy atom. The highest BCUT2D eigenvalue weighted by molar-refractivity contribution is 5.69. The number of carbonyl (C=O) groups is 1. The Bertz CT molecular complexity index is 195. The quantitative estimate of drug-likeness (QED) is 0.451. The van der Waals surface area contributed by atoms with Crippen molar-refractivity contribution in [2.75, 3.05) is 6.61 Å². The van der Waals surface area contributed by atoms with Gasteiger partial charge in [-0.15, -0.1) is 0 Å². The van der Waals surface area contributed by atoms with Crippen LogP contribution in [-0.4, -0.2) is 12.6 Å². The number of rotatable bonds is 8. The molecule has 0 saturated heterocycles. The lowest BCUT2D eigenvalue weighted by Gasteiger charge is -2.06. The van der Waals surface area contributed by atoms with Crippen molar-refractivity contribution in [3.05, 3.63) is 11.6 Å². The average Bonchev–Trinajstić information content (AvgIpc) is 2.22. The molecule has 0 bridgehead atoms. The highest BCUT2D eigenvalue weighted by atomic mass is 16.5. The van der Waals surface area contributed by atoms with Crippen LogP contribution in [0.3, 0.4) is 0 Å². The summed E-state index contributed by atoms with van der Waals surface area (Å²) in [5.74, 6) is -0.0731. The summed E-state index contributed by atoms with van der Waals surface area (Å²) in [5.41, 5.74) is 1.41. The van der Waals surface area contributed by atoms with E-state index >= 15 is 0 Å². The van der Waals surface area contributed by atoms with Gasteiger partial charge >= 0.3 is 5.97 Å². The van der Waals surface area contributed by atoms with Crippen LogP contribution in [0.15, 0.2) is 11.6 Å². The predicted octanol–water partition coefficient (Wildman–Crippen LogP) is 3.86. The molecule has 0 rings (SSSR count). The summed E-state index contributed by atoms with van der Waals surface area (Å²) in [4.78, 5) is 11.2. The molecule has 0 aliphatic rings. The molecule has 2 heteroatoms. The highest BCUT2D eigenvalue weighted by Crippen LogP contribution is 2.14. The standard InChI is InChI=1S/C13H24O2/c1-4-7-9-12(8-5-2)10-11-13(14)15-6-3/h9H,4-8,10-11H2,1-3H3/b12-9+. The van der Waals surface area contributed by atoms with Gasteiger partial charge in [-0.2, -0.15) is 0 Å². The normalized spacial score (nSPS) is 11.5. The second kappa shape index (κ2) is 9.75. The zero-order valence-corrected chi connectivity index (χ0v) is 10.3. The maximum atomic E-state index is 11.2. The molecule has 0 radical (unpaired) electrons. The lowest BCUT2D eigenvalue weighted by molar-refractivity contribution is -0.143. The van der Waals surface area contributed by atoms with Gasteiger partial charge in [-0.05, 0) is 26.2 Å². The van der Waals surface area contributed by atoms with Gasteiger partial charge in [0.15, 0.2) is 0 Å². The monoisotopic (exact) mass is 212 g/mol. The fourth-order valence-corrected chi connectivity index (χ4v) is 1.49. The molecule has 0 N–H and O–H groups in total. The number of esters is 1. The van der Waals surface area contributed by atoms with E-state index in [2.05, 4.69) is 19.9 Å². The summed E-state index contributed by atoms with van der Waals surface area (Å²) in [6.45, 7) is 6.67. The largest absolute Gasteiger partial charge is 0.466 e. The van der Waals surface area contributed by atoms with Crippen molar-refractivity contribution >= 4 is 5.97 Å². The van der Waals surface area contributed by atoms with Crippen LogP contribution in [0.25, 0.3) is 0 Å². The molecule has 0 aromatic heterocycles. The van der Waals surface area contributed by atoms with Gasteiger partial charge in [0.05, 0.1) is 6.61 Å². The molecule has 0 fully saturated rings. The minimum atomic E-state index is -0.0731. The Labute approximate surface area is 93.7 Å². The van der Waals surface area contributed by atoms with Gasteiger partial charge in [-0.3, -0.25) is 4.79 Å². The van der Waals surface area contributed by atoms with Crippen LogP contribution < -0.4 is 0 Å². The first-order chi connectivity index (χ1) is 7.24. The van der Waals surface area contributed by atoms with Crippen LogP contribution in [-0.2, 0) is 9.53 Å². The molecule has 0 heterocycles. The van der Waals surface area contributed by atoms with E-state index in [1.165, 1.54) is 12.0 Å². The minimum absolute atomic E-state index is 0.0731. The molecule has 88 valence electrons. The maximum absolute atomic E-state index is 11.2. The van der Waals surface area contributed by atoms with E-state index in [1.807, 2.05) is 6.92 Å². The molecule has 0 aromatic rings. The summed E-state index contributed by atoms with van der Waals surface area (Å²) in [6, 6.07) is 0. The van der Waals surface area contributed by atoms with Gasteiger partial charge in [0.1, 0.15) is 0 Å². The zero-order chi connectivity index (χ0) is 11.5. The van der Waals surface area contributed by atoms with Crippen molar-refractivity contribution in [3.63, 3.8) is 0 Å². The first kappa shape index (κ1) is 14.2. The van der Waals surface area contributed by atoms with Crippen molar-refractivity contribution in [1.82, 2.24) is 0 Å². The lowest BCUT2D eigenvalue weighted by atomic mass is 10.0. The van der Waals surface area contributed by atoms with E-state index in [0.717, 1.165) is 25.7 Å². The van der Waals surface area contributed by atoms with Crippen molar-refractivity contribution in [3.8, 4) is 0 Å². The minimum Gasteiger partial charge on any atom is -0.466 e. The summed E-state index contributed by atoms with van der Waals surface area (Å²) >= 11 is 0. The molecular weight excluding hydrogens is 188 g/mol. The number of carbonyl (C=O) groups excluding carboxylic acids is 1. The van der Waals surface area contributed by atoms with Gasteiger partial charge in [0, 0.05) is 6.42 Å². The number of allylic oxidation sites excluding steroid dienone is 2. The Hall–Kier alpha value is -0.790. The van der Waals surface area contributed by atoms with Crippen LogP contribution in [0.5, 0.6) is 0 Å². The SMILES string of the molecule is CCC/C=C(\CCC)CCC(=O)OCC. The molecule has 0 aliphatic carbocycles. The number of unbranched alkanes of at least 4 members (excludes halogenated alkanes) is 1. The molecule has 0 spiro atoms. The molecule has 0 atom stereocenters. The summed E-state index contributed by atoms with van der Waals surface area (Å²) in [6.07, 6.45) is 8.24. The van der Waals surface area contributed by atoms with E-state index in [0.29, 0.717) is 13.0 Å². The number of hydrogen-bond acceptors (Lipinski definition) is 2. The first-order valence-electron chi connectivity index (χ1n) is 6.08. The van der Waals surface area contributed by atoms with Crippen molar-refractivity contribution < 1.29 is 9.53 Å². The third kappa shape index (κ3) is 8.22. The molecule has 0 amide bonds. The summed E-state index contributed by atoms with van der Waals surface area (Å²) < 4.78 is 4.91. The van der Waals surface area contributed by atoms with Gasteiger partial charge < -0.3 is 4.74 Å².